The molecule has 0 aromatic heterocycles. The summed E-state index contributed by atoms with van der Waals surface area (Å²) in [5.41, 5.74) is -2.14. The molecule has 1 aliphatic heterocycles. The molecule has 1 N–H and O–H groups in total. The molecule has 0 aliphatic carbocycles. The third-order valence-electron chi connectivity index (χ3n) is 4.41. The van der Waals surface area contributed by atoms with Crippen molar-refractivity contribution in [2.75, 3.05) is 5.32 Å². The molecule has 1 fully saturated rings. The maximum Gasteiger partial charge on any atom is 0.299 e. The molecule has 25 heavy (non-hydrogen) atoms. The van der Waals surface area contributed by atoms with Gasteiger partial charge in [0, 0.05) is 17.1 Å². The van der Waals surface area contributed by atoms with Gasteiger partial charge in [0.25, 0.3) is 11.4 Å². The zero-order chi connectivity index (χ0) is 19.2. The maximum absolute atomic E-state index is 12.4. The molecule has 0 unspecified atom stereocenters. The molecule has 0 spiro atoms. The topological polar surface area (TPSA) is 121 Å². The van der Waals surface area contributed by atoms with Gasteiger partial charge in [0.05, 0.1) is 15.9 Å². The molecule has 1 aromatic carbocycles. The highest BCUT2D eigenvalue weighted by Crippen LogP contribution is 2.41. The molecule has 9 nitrogen and oxygen atoms in total. The lowest BCUT2D eigenvalue weighted by Gasteiger charge is -2.50. The lowest BCUT2D eigenvalue weighted by Crippen LogP contribution is -2.60. The average molecular weight is 372 g/mol. The lowest BCUT2D eigenvalue weighted by molar-refractivity contribution is -0.393. The van der Waals surface area contributed by atoms with Crippen molar-refractivity contribution in [3.8, 4) is 0 Å². The van der Waals surface area contributed by atoms with Gasteiger partial charge in [-0.15, -0.1) is 10.3 Å². The molecule has 1 heterocycles. The number of nitrogens with zero attached hydrogens (tertiary/aromatic N) is 3. The number of halogens is 1. The quantitative estimate of drug-likeness (QED) is 0.631. The third-order valence-corrected chi connectivity index (χ3v) is 4.71. The second-order valence-corrected chi connectivity index (χ2v) is 7.91. The largest absolute Gasteiger partial charge is 0.377 e. The Morgan fingerprint density at radius 3 is 2.00 bits per heavy atom. The fourth-order valence-corrected chi connectivity index (χ4v) is 3.78. The first-order valence-corrected chi connectivity index (χ1v) is 8.09. The first-order valence-electron chi connectivity index (χ1n) is 7.71. The molecule has 1 saturated heterocycles. The van der Waals surface area contributed by atoms with E-state index in [9.17, 15) is 25.4 Å². The van der Waals surface area contributed by atoms with E-state index >= 15 is 0 Å². The van der Waals surface area contributed by atoms with Crippen LogP contribution in [0.2, 0.25) is 5.02 Å². The van der Waals surface area contributed by atoms with Gasteiger partial charge in [-0.2, -0.15) is 0 Å². The smallest absolute Gasteiger partial charge is 0.299 e. The number of hydrogen-bond donors (Lipinski definition) is 1. The Morgan fingerprint density at radius 2 is 1.56 bits per heavy atom. The van der Waals surface area contributed by atoms with Gasteiger partial charge in [-0.05, 0) is 46.6 Å². The fourth-order valence-electron chi connectivity index (χ4n) is 3.54. The number of nitro groups is 2. The molecule has 1 radical (unpaired) electrons. The predicted octanol–water partition coefficient (Wildman–Crippen LogP) is 3.94. The standard InChI is InChI=1S/C15H20ClN4O5/c1-14(2)7-9(8-15(3,4)20(14)25)17-11-5-10(16)12(18(21)22)6-13(11)19(23)24/h5-6,9,17H,7-8H2,1-4H3. The number of hydrogen-bond acceptors (Lipinski definition) is 6. The number of hydroxylamine groups is 2. The van der Waals surface area contributed by atoms with Crippen molar-refractivity contribution in [3.05, 3.63) is 37.4 Å². The summed E-state index contributed by atoms with van der Waals surface area (Å²) in [6, 6.07) is 1.83. The first-order chi connectivity index (χ1) is 11.3. The Bertz CT molecular complexity index is 704. The van der Waals surface area contributed by atoms with Crippen molar-refractivity contribution < 1.29 is 15.1 Å². The van der Waals surface area contributed by atoms with E-state index in [0.717, 1.165) is 11.1 Å². The van der Waals surface area contributed by atoms with E-state index in [1.807, 2.05) is 27.7 Å². The van der Waals surface area contributed by atoms with Crippen molar-refractivity contribution in [3.63, 3.8) is 0 Å². The van der Waals surface area contributed by atoms with E-state index in [0.29, 0.717) is 12.8 Å². The third kappa shape index (κ3) is 3.83. The molecule has 137 valence electrons. The second kappa shape index (κ2) is 6.40. The molecular weight excluding hydrogens is 352 g/mol. The van der Waals surface area contributed by atoms with Gasteiger partial charge in [0.2, 0.25) is 0 Å². The van der Waals surface area contributed by atoms with Crippen molar-refractivity contribution in [2.24, 2.45) is 0 Å². The number of rotatable bonds is 4. The maximum atomic E-state index is 12.4. The van der Waals surface area contributed by atoms with Crippen molar-refractivity contribution in [1.29, 1.82) is 0 Å². The summed E-state index contributed by atoms with van der Waals surface area (Å²) in [5, 5.41) is 38.6. The van der Waals surface area contributed by atoms with Crippen LogP contribution in [0.25, 0.3) is 0 Å². The monoisotopic (exact) mass is 371 g/mol. The van der Waals surface area contributed by atoms with E-state index in [4.69, 9.17) is 11.6 Å². The van der Waals surface area contributed by atoms with Crippen LogP contribution in [0, 0.1) is 20.2 Å². The number of benzene rings is 1. The van der Waals surface area contributed by atoms with E-state index in [-0.39, 0.29) is 16.8 Å². The number of nitro benzene ring substituents is 2. The minimum Gasteiger partial charge on any atom is -0.377 e. The highest BCUT2D eigenvalue weighted by Gasteiger charge is 2.46. The van der Waals surface area contributed by atoms with Crippen molar-refractivity contribution >= 4 is 28.7 Å². The summed E-state index contributed by atoms with van der Waals surface area (Å²) in [5.74, 6) is 0. The normalized spacial score (nSPS) is 20.2. The van der Waals surface area contributed by atoms with Crippen LogP contribution in [0.4, 0.5) is 17.1 Å². The Labute approximate surface area is 149 Å². The van der Waals surface area contributed by atoms with Crippen LogP contribution in [0.15, 0.2) is 12.1 Å². The molecule has 0 atom stereocenters. The van der Waals surface area contributed by atoms with E-state index in [2.05, 4.69) is 5.32 Å². The molecule has 0 saturated carbocycles. The highest BCUT2D eigenvalue weighted by atomic mass is 35.5. The summed E-state index contributed by atoms with van der Waals surface area (Å²) in [7, 11) is 0. The van der Waals surface area contributed by atoms with E-state index in [1.165, 1.54) is 6.07 Å². The number of nitrogens with one attached hydrogen (secondary N) is 1. The van der Waals surface area contributed by atoms with Gasteiger partial charge < -0.3 is 5.32 Å². The van der Waals surface area contributed by atoms with Crippen LogP contribution in [0.3, 0.4) is 0 Å². The second-order valence-electron chi connectivity index (χ2n) is 7.50. The number of anilines is 1. The molecule has 0 amide bonds. The van der Waals surface area contributed by atoms with Gasteiger partial charge in [0.15, 0.2) is 0 Å². The average Bonchev–Trinajstić information content (AvgIpc) is 2.43. The lowest BCUT2D eigenvalue weighted by atomic mass is 9.79. The van der Waals surface area contributed by atoms with Crippen LogP contribution in [0.1, 0.15) is 40.5 Å². The molecular formula is C15H20ClN4O5. The zero-order valence-electron chi connectivity index (χ0n) is 14.4. The van der Waals surface area contributed by atoms with Gasteiger partial charge in [-0.1, -0.05) is 11.6 Å². The molecule has 1 aliphatic rings. The number of piperidine rings is 1. The van der Waals surface area contributed by atoms with Crippen LogP contribution in [-0.2, 0) is 5.21 Å². The van der Waals surface area contributed by atoms with Crippen molar-refractivity contribution in [1.82, 2.24) is 5.06 Å². The Balaban J connectivity index is 2.38. The van der Waals surface area contributed by atoms with Crippen LogP contribution < -0.4 is 5.32 Å². The van der Waals surface area contributed by atoms with Gasteiger partial charge >= 0.3 is 0 Å². The predicted molar refractivity (Wildman–Crippen MR) is 92.1 cm³/mol. The van der Waals surface area contributed by atoms with Gasteiger partial charge in [-0.3, -0.25) is 20.2 Å². The van der Waals surface area contributed by atoms with Crippen LogP contribution in [-0.4, -0.2) is 32.0 Å². The minimum atomic E-state index is -0.763. The summed E-state index contributed by atoms with van der Waals surface area (Å²) in [6.07, 6.45) is 0.928. The molecule has 1 aromatic rings. The van der Waals surface area contributed by atoms with Gasteiger partial charge in [-0.25, -0.2) is 0 Å². The summed E-state index contributed by atoms with van der Waals surface area (Å²) < 4.78 is 0. The van der Waals surface area contributed by atoms with E-state index < -0.39 is 32.3 Å². The minimum absolute atomic E-state index is 0.108. The molecule has 10 heteroatoms. The SMILES string of the molecule is CC1(C)CC(Nc2cc(Cl)c([N+](=O)[O-])cc2[N+](=O)[O-])CC(C)(C)N1[O]. The van der Waals surface area contributed by atoms with Crippen LogP contribution in [0.5, 0.6) is 0 Å². The fraction of sp³-hybridized carbons (Fsp3) is 0.600. The summed E-state index contributed by atoms with van der Waals surface area (Å²) in [6.45, 7) is 7.25. The highest BCUT2D eigenvalue weighted by molar-refractivity contribution is 6.33. The van der Waals surface area contributed by atoms with Gasteiger partial charge in [0.1, 0.15) is 10.7 Å². The Morgan fingerprint density at radius 1 is 1.08 bits per heavy atom. The summed E-state index contributed by atoms with van der Waals surface area (Å²) in [4.78, 5) is 20.8. The Kier molecular flexibility index (Phi) is 4.95. The zero-order valence-corrected chi connectivity index (χ0v) is 15.2. The van der Waals surface area contributed by atoms with E-state index in [1.54, 1.807) is 0 Å². The first kappa shape index (κ1) is 19.4. The van der Waals surface area contributed by atoms with Crippen LogP contribution >= 0.6 is 11.6 Å². The summed E-state index contributed by atoms with van der Waals surface area (Å²) >= 11 is 5.89. The molecule has 2 rings (SSSR count). The Hall–Kier alpha value is -1.97. The molecule has 0 bridgehead atoms. The van der Waals surface area contributed by atoms with Crippen molar-refractivity contribution in [2.45, 2.75) is 57.7 Å².